The van der Waals surface area contributed by atoms with Crippen molar-refractivity contribution in [2.45, 2.75) is 127 Å². The molecule has 4 saturated carbocycles. The zero-order valence-corrected chi connectivity index (χ0v) is 22.7. The summed E-state index contributed by atoms with van der Waals surface area (Å²) < 4.78 is 0. The molecule has 0 spiro atoms. The normalized spacial score (nSPS) is 48.7. The Kier molecular flexibility index (Phi) is 7.23. The van der Waals surface area contributed by atoms with Gasteiger partial charge < -0.3 is 5.11 Å². The number of hydrogen-bond donors (Lipinski definition) is 1. The van der Waals surface area contributed by atoms with Crippen LogP contribution in [0.25, 0.3) is 0 Å². The van der Waals surface area contributed by atoms with E-state index in [0.29, 0.717) is 34.0 Å². The van der Waals surface area contributed by atoms with Gasteiger partial charge in [0.25, 0.3) is 0 Å². The average molecular weight is 457 g/mol. The first kappa shape index (κ1) is 27.0. The molecule has 0 aromatic heterocycles. The quantitative estimate of drug-likeness (QED) is 0.419. The molecule has 0 heterocycles. The third kappa shape index (κ3) is 3.82. The number of hydrogen-bond acceptors (Lipinski definition) is 1. The van der Waals surface area contributed by atoms with Crippen LogP contribution in [0, 0.1) is 51.2 Å². The van der Waals surface area contributed by atoms with Gasteiger partial charge in [0.2, 0.25) is 0 Å². The summed E-state index contributed by atoms with van der Waals surface area (Å²) in [7, 11) is 0. The summed E-state index contributed by atoms with van der Waals surface area (Å²) in [6.45, 7) is 22.2. The van der Waals surface area contributed by atoms with Crippen LogP contribution in [0.1, 0.15) is 121 Å². The predicted octanol–water partition coefficient (Wildman–Crippen LogP) is 9.22. The maximum atomic E-state index is 11.8. The zero-order chi connectivity index (χ0) is 23.7. The van der Waals surface area contributed by atoms with Crippen molar-refractivity contribution in [1.82, 2.24) is 0 Å². The lowest BCUT2D eigenvalue weighted by Crippen LogP contribution is -2.65. The van der Waals surface area contributed by atoms with Crippen LogP contribution in [-0.4, -0.2) is 11.2 Å². The van der Waals surface area contributed by atoms with Crippen molar-refractivity contribution in [2.75, 3.05) is 0 Å². The van der Waals surface area contributed by atoms with Crippen molar-refractivity contribution >= 4 is 0 Å². The summed E-state index contributed by atoms with van der Waals surface area (Å²) in [4.78, 5) is 0. The summed E-state index contributed by atoms with van der Waals surface area (Å²) in [5, 5.41) is 11.8. The molecule has 0 bridgehead atoms. The number of aliphatic hydroxyl groups excluding tert-OH is 1. The maximum Gasteiger partial charge on any atom is 0.0582 e. The smallest absolute Gasteiger partial charge is 0.0582 e. The Bertz CT molecular complexity index is 784. The van der Waals surface area contributed by atoms with Crippen LogP contribution >= 0.6 is 0 Å². The zero-order valence-electron chi connectivity index (χ0n) is 22.7. The minimum absolute atomic E-state index is 0. The van der Waals surface area contributed by atoms with Gasteiger partial charge in [-0.2, -0.15) is 0 Å². The fraction of sp³-hybridized carbons (Fsp3) is 0.875. The highest BCUT2D eigenvalue weighted by molar-refractivity contribution is 5.22. The summed E-state index contributed by atoms with van der Waals surface area (Å²) in [6.07, 6.45) is 14.7. The number of allylic oxidation sites excluding steroid dienone is 4. The molecule has 4 rings (SSSR count). The van der Waals surface area contributed by atoms with E-state index in [9.17, 15) is 5.11 Å². The molecule has 33 heavy (non-hydrogen) atoms. The monoisotopic (exact) mass is 456 g/mol. The Morgan fingerprint density at radius 3 is 2.12 bits per heavy atom. The fourth-order valence-electron chi connectivity index (χ4n) is 10.1. The predicted molar refractivity (Wildman–Crippen MR) is 144 cm³/mol. The molecule has 4 aliphatic carbocycles. The van der Waals surface area contributed by atoms with Crippen LogP contribution < -0.4 is 0 Å². The first-order chi connectivity index (χ1) is 14.8. The van der Waals surface area contributed by atoms with E-state index in [2.05, 4.69) is 74.5 Å². The largest absolute Gasteiger partial charge is 0.393 e. The van der Waals surface area contributed by atoms with E-state index in [-0.39, 0.29) is 18.9 Å². The standard InChI is InChI=1S/C31H52O.CH4/c1-20(2)11-10-12-21(3)23-14-17-31(9)27(23)24(32)19-26-29(7)16-13-22(4)28(5,6)25(29)15-18-30(26,31)8;/h11-12,22-27,32H,10,13-19H2,1-9H3;1H4/b21-12+;/t22-,23?,24+,25?,26?,27?,29-,30+,31+;/m0./s1. The van der Waals surface area contributed by atoms with E-state index in [4.69, 9.17) is 0 Å². The molecule has 4 fully saturated rings. The molecule has 9 atom stereocenters. The van der Waals surface area contributed by atoms with Gasteiger partial charge in [0.05, 0.1) is 6.10 Å². The Labute approximate surface area is 206 Å². The molecule has 0 radical (unpaired) electrons. The second kappa shape index (κ2) is 8.83. The third-order valence-electron chi connectivity index (χ3n) is 12.5. The Morgan fingerprint density at radius 1 is 0.848 bits per heavy atom. The lowest BCUT2D eigenvalue weighted by Gasteiger charge is -2.70. The molecule has 0 amide bonds. The first-order valence-corrected chi connectivity index (χ1v) is 13.8. The molecule has 4 unspecified atom stereocenters. The highest BCUT2D eigenvalue weighted by atomic mass is 16.3. The van der Waals surface area contributed by atoms with Crippen LogP contribution in [0.15, 0.2) is 23.3 Å². The van der Waals surface area contributed by atoms with Crippen molar-refractivity contribution in [3.8, 4) is 0 Å². The van der Waals surface area contributed by atoms with Crippen molar-refractivity contribution in [1.29, 1.82) is 0 Å². The Morgan fingerprint density at radius 2 is 1.48 bits per heavy atom. The van der Waals surface area contributed by atoms with Crippen LogP contribution in [0.2, 0.25) is 0 Å². The van der Waals surface area contributed by atoms with Crippen molar-refractivity contribution in [3.05, 3.63) is 23.3 Å². The summed E-state index contributed by atoms with van der Waals surface area (Å²) >= 11 is 0. The topological polar surface area (TPSA) is 20.2 Å². The molecule has 0 aromatic carbocycles. The molecule has 0 aliphatic heterocycles. The third-order valence-corrected chi connectivity index (χ3v) is 12.5. The molecule has 0 aromatic rings. The number of aliphatic hydroxyl groups is 1. The highest BCUT2D eigenvalue weighted by Gasteiger charge is 2.69. The van der Waals surface area contributed by atoms with Crippen LogP contribution in [-0.2, 0) is 0 Å². The van der Waals surface area contributed by atoms with Crippen LogP contribution in [0.3, 0.4) is 0 Å². The minimum atomic E-state index is -0.143. The maximum absolute atomic E-state index is 11.8. The van der Waals surface area contributed by atoms with E-state index >= 15 is 0 Å². The molecular formula is C32H56O. The number of rotatable bonds is 3. The molecule has 4 aliphatic rings. The van der Waals surface area contributed by atoms with E-state index in [1.54, 1.807) is 0 Å². The van der Waals surface area contributed by atoms with Gasteiger partial charge in [0.15, 0.2) is 0 Å². The summed E-state index contributed by atoms with van der Waals surface area (Å²) in [6, 6.07) is 0. The average Bonchev–Trinajstić information content (AvgIpc) is 3.07. The van der Waals surface area contributed by atoms with Gasteiger partial charge in [-0.1, -0.05) is 72.3 Å². The molecule has 1 heteroatoms. The second-order valence-corrected chi connectivity index (χ2v) is 14.2. The van der Waals surface area contributed by atoms with Gasteiger partial charge in [0, 0.05) is 0 Å². The molecule has 190 valence electrons. The Hall–Kier alpha value is -0.560. The Balaban J connectivity index is 0.00000306. The summed E-state index contributed by atoms with van der Waals surface area (Å²) in [5.74, 6) is 3.26. The molecule has 0 saturated heterocycles. The van der Waals surface area contributed by atoms with Gasteiger partial charge in [-0.05, 0) is 123 Å². The lowest BCUT2D eigenvalue weighted by molar-refractivity contribution is -0.233. The fourth-order valence-corrected chi connectivity index (χ4v) is 10.1. The van der Waals surface area contributed by atoms with Crippen LogP contribution in [0.5, 0.6) is 0 Å². The second-order valence-electron chi connectivity index (χ2n) is 14.2. The van der Waals surface area contributed by atoms with E-state index in [0.717, 1.165) is 24.7 Å². The van der Waals surface area contributed by atoms with Crippen molar-refractivity contribution in [3.63, 3.8) is 0 Å². The lowest BCUT2D eigenvalue weighted by atomic mass is 9.34. The van der Waals surface area contributed by atoms with Crippen molar-refractivity contribution in [2.24, 2.45) is 51.2 Å². The van der Waals surface area contributed by atoms with Gasteiger partial charge in [0.1, 0.15) is 0 Å². The molecule has 1 nitrogen and oxygen atoms in total. The molecule has 1 N–H and O–H groups in total. The van der Waals surface area contributed by atoms with Gasteiger partial charge in [-0.25, -0.2) is 0 Å². The van der Waals surface area contributed by atoms with Gasteiger partial charge >= 0.3 is 0 Å². The van der Waals surface area contributed by atoms with Crippen molar-refractivity contribution < 1.29 is 5.11 Å². The van der Waals surface area contributed by atoms with E-state index in [1.165, 1.54) is 49.7 Å². The highest BCUT2D eigenvalue weighted by Crippen LogP contribution is 2.75. The SMILES string of the molecule is C.CC(C)=CC/C=C(\C)C1CC[C@]2(C)C1[C@H](O)CC1[C@@]3(C)CC[C@H](C)C(C)(C)C3CC[C@]12C. The number of fused-ring (bicyclic) bond motifs is 5. The van der Waals surface area contributed by atoms with E-state index in [1.807, 2.05) is 0 Å². The van der Waals surface area contributed by atoms with Gasteiger partial charge in [-0.3, -0.25) is 0 Å². The summed E-state index contributed by atoms with van der Waals surface area (Å²) in [5.41, 5.74) is 4.34. The van der Waals surface area contributed by atoms with E-state index < -0.39 is 0 Å². The van der Waals surface area contributed by atoms with Crippen LogP contribution in [0.4, 0.5) is 0 Å². The first-order valence-electron chi connectivity index (χ1n) is 13.8. The molecular weight excluding hydrogens is 400 g/mol. The van der Waals surface area contributed by atoms with Gasteiger partial charge in [-0.15, -0.1) is 0 Å². The minimum Gasteiger partial charge on any atom is -0.393 e.